The van der Waals surface area contributed by atoms with E-state index in [1.54, 1.807) is 12.4 Å². The Bertz CT molecular complexity index is 1710. The number of para-hydroxylation sites is 2. The molecule has 0 unspecified atom stereocenters. The molecule has 0 aliphatic rings. The second-order valence-electron chi connectivity index (χ2n) is 8.53. The Hall–Kier alpha value is -5.10. The van der Waals surface area contributed by atoms with Crippen LogP contribution in [0.3, 0.4) is 0 Å². The van der Waals surface area contributed by atoms with E-state index in [-0.39, 0.29) is 0 Å². The van der Waals surface area contributed by atoms with Crippen molar-refractivity contribution in [3.05, 3.63) is 122 Å². The fourth-order valence-electron chi connectivity index (χ4n) is 4.80. The standard InChI is InChI=1S/C30H20N6/c1-2-9-21(10-3-1)29-33-34-30(22-11-8-18-31-19-22)35(29)23-16-17-28(32-20-23)36-26-14-6-4-12-24(26)25-13-5-7-15-27(25)36/h1-20H. The van der Waals surface area contributed by atoms with Crippen molar-refractivity contribution in [2.24, 2.45) is 0 Å². The fourth-order valence-corrected chi connectivity index (χ4v) is 4.80. The third-order valence-corrected chi connectivity index (χ3v) is 6.41. The SMILES string of the molecule is c1ccc(-c2nnc(-c3cccnc3)n2-c2ccc(-n3c4ccccc4c4ccccc43)nc2)cc1. The first-order valence-corrected chi connectivity index (χ1v) is 11.7. The van der Waals surface area contributed by atoms with Crippen LogP contribution >= 0.6 is 0 Å². The van der Waals surface area contributed by atoms with E-state index in [1.807, 2.05) is 53.2 Å². The molecular formula is C30H20N6. The predicted octanol–water partition coefficient (Wildman–Crippen LogP) is 6.49. The zero-order chi connectivity index (χ0) is 23.9. The Morgan fingerprint density at radius 2 is 1.14 bits per heavy atom. The number of aromatic nitrogens is 6. The van der Waals surface area contributed by atoms with E-state index in [0.29, 0.717) is 5.82 Å². The monoisotopic (exact) mass is 464 g/mol. The van der Waals surface area contributed by atoms with Crippen molar-refractivity contribution < 1.29 is 0 Å². The van der Waals surface area contributed by atoms with Gasteiger partial charge in [0, 0.05) is 34.3 Å². The fraction of sp³-hybridized carbons (Fsp3) is 0. The van der Waals surface area contributed by atoms with Crippen molar-refractivity contribution in [1.29, 1.82) is 0 Å². The van der Waals surface area contributed by atoms with Gasteiger partial charge in [0.15, 0.2) is 11.6 Å². The molecule has 0 N–H and O–H groups in total. The van der Waals surface area contributed by atoms with Crippen LogP contribution in [0.2, 0.25) is 0 Å². The minimum atomic E-state index is 0.716. The summed E-state index contributed by atoms with van der Waals surface area (Å²) in [6.07, 6.45) is 5.44. The molecule has 7 rings (SSSR count). The first-order valence-electron chi connectivity index (χ1n) is 11.7. The molecule has 0 saturated heterocycles. The van der Waals surface area contributed by atoms with Crippen LogP contribution in [-0.4, -0.2) is 29.3 Å². The first kappa shape index (κ1) is 20.3. The molecule has 6 heteroatoms. The minimum Gasteiger partial charge on any atom is -0.294 e. The van der Waals surface area contributed by atoms with Crippen LogP contribution in [0.1, 0.15) is 0 Å². The molecule has 0 saturated carbocycles. The van der Waals surface area contributed by atoms with Gasteiger partial charge in [0.2, 0.25) is 0 Å². The highest BCUT2D eigenvalue weighted by molar-refractivity contribution is 6.09. The van der Waals surface area contributed by atoms with Crippen LogP contribution < -0.4 is 0 Å². The number of fused-ring (bicyclic) bond motifs is 3. The molecule has 0 fully saturated rings. The molecule has 7 aromatic rings. The van der Waals surface area contributed by atoms with Crippen molar-refractivity contribution in [1.82, 2.24) is 29.3 Å². The highest BCUT2D eigenvalue weighted by Gasteiger charge is 2.18. The van der Waals surface area contributed by atoms with Gasteiger partial charge in [-0.2, -0.15) is 0 Å². The summed E-state index contributed by atoms with van der Waals surface area (Å²) in [6.45, 7) is 0. The summed E-state index contributed by atoms with van der Waals surface area (Å²) < 4.78 is 4.25. The lowest BCUT2D eigenvalue weighted by Gasteiger charge is -2.12. The minimum absolute atomic E-state index is 0.716. The molecule has 0 bridgehead atoms. The summed E-state index contributed by atoms with van der Waals surface area (Å²) in [6, 6.07) is 35.0. The molecule has 0 radical (unpaired) electrons. The third-order valence-electron chi connectivity index (χ3n) is 6.41. The Morgan fingerprint density at radius 1 is 0.500 bits per heavy atom. The van der Waals surface area contributed by atoms with Gasteiger partial charge in [-0.25, -0.2) is 4.98 Å². The Kier molecular flexibility index (Phi) is 4.67. The molecule has 0 aliphatic carbocycles. The van der Waals surface area contributed by atoms with Crippen molar-refractivity contribution >= 4 is 21.8 Å². The third kappa shape index (κ3) is 3.20. The maximum absolute atomic E-state index is 4.92. The quantitative estimate of drug-likeness (QED) is 0.299. The predicted molar refractivity (Wildman–Crippen MR) is 142 cm³/mol. The Labute approximate surface area is 207 Å². The average molecular weight is 465 g/mol. The molecular weight excluding hydrogens is 444 g/mol. The Morgan fingerprint density at radius 3 is 1.78 bits per heavy atom. The van der Waals surface area contributed by atoms with Crippen LogP contribution in [0.25, 0.3) is 56.1 Å². The molecule has 4 aromatic heterocycles. The van der Waals surface area contributed by atoms with E-state index in [0.717, 1.165) is 39.5 Å². The zero-order valence-electron chi connectivity index (χ0n) is 19.2. The van der Waals surface area contributed by atoms with Crippen LogP contribution in [0.5, 0.6) is 0 Å². The zero-order valence-corrected chi connectivity index (χ0v) is 19.2. The number of benzene rings is 3. The van der Waals surface area contributed by atoms with Gasteiger partial charge < -0.3 is 0 Å². The van der Waals surface area contributed by atoms with Gasteiger partial charge in [0.1, 0.15) is 5.82 Å². The summed E-state index contributed by atoms with van der Waals surface area (Å²) in [5.74, 6) is 2.32. The number of hydrogen-bond acceptors (Lipinski definition) is 4. The Balaban J connectivity index is 1.41. The van der Waals surface area contributed by atoms with E-state index in [2.05, 4.69) is 80.4 Å². The molecule has 0 amide bonds. The van der Waals surface area contributed by atoms with Gasteiger partial charge >= 0.3 is 0 Å². The lowest BCUT2D eigenvalue weighted by atomic mass is 10.2. The van der Waals surface area contributed by atoms with Gasteiger partial charge in [0.25, 0.3) is 0 Å². The van der Waals surface area contributed by atoms with Gasteiger partial charge in [-0.05, 0) is 36.4 Å². The molecule has 170 valence electrons. The van der Waals surface area contributed by atoms with Crippen molar-refractivity contribution in [2.75, 3.05) is 0 Å². The van der Waals surface area contributed by atoms with Gasteiger partial charge in [-0.1, -0.05) is 66.7 Å². The molecule has 6 nitrogen and oxygen atoms in total. The molecule has 0 atom stereocenters. The average Bonchev–Trinajstić information content (AvgIpc) is 3.54. The number of rotatable bonds is 4. The van der Waals surface area contributed by atoms with Gasteiger partial charge in [0.05, 0.1) is 22.9 Å². The number of pyridine rings is 2. The maximum atomic E-state index is 4.92. The van der Waals surface area contributed by atoms with E-state index < -0.39 is 0 Å². The van der Waals surface area contributed by atoms with E-state index >= 15 is 0 Å². The summed E-state index contributed by atoms with van der Waals surface area (Å²) >= 11 is 0. The van der Waals surface area contributed by atoms with Crippen LogP contribution in [0.15, 0.2) is 122 Å². The molecule has 36 heavy (non-hydrogen) atoms. The molecule has 4 heterocycles. The summed E-state index contributed by atoms with van der Waals surface area (Å²) in [5, 5.41) is 11.5. The number of hydrogen-bond donors (Lipinski definition) is 0. The van der Waals surface area contributed by atoms with Crippen molar-refractivity contribution in [2.45, 2.75) is 0 Å². The lowest BCUT2D eigenvalue weighted by Crippen LogP contribution is -2.03. The van der Waals surface area contributed by atoms with E-state index in [9.17, 15) is 0 Å². The second-order valence-corrected chi connectivity index (χ2v) is 8.53. The molecule has 0 aliphatic heterocycles. The topological polar surface area (TPSA) is 61.4 Å². The van der Waals surface area contributed by atoms with Crippen LogP contribution in [0, 0.1) is 0 Å². The normalized spacial score (nSPS) is 11.3. The highest BCUT2D eigenvalue weighted by atomic mass is 15.3. The van der Waals surface area contributed by atoms with Crippen LogP contribution in [-0.2, 0) is 0 Å². The smallest absolute Gasteiger partial charge is 0.170 e. The van der Waals surface area contributed by atoms with Crippen LogP contribution in [0.4, 0.5) is 0 Å². The van der Waals surface area contributed by atoms with Crippen molar-refractivity contribution in [3.63, 3.8) is 0 Å². The van der Waals surface area contributed by atoms with Crippen molar-refractivity contribution in [3.8, 4) is 34.3 Å². The van der Waals surface area contributed by atoms with Gasteiger partial charge in [-0.3, -0.25) is 14.1 Å². The summed E-state index contributed by atoms with van der Waals surface area (Å²) in [4.78, 5) is 9.20. The largest absolute Gasteiger partial charge is 0.294 e. The van der Waals surface area contributed by atoms with E-state index in [1.165, 1.54) is 10.8 Å². The lowest BCUT2D eigenvalue weighted by molar-refractivity contribution is 1.02. The van der Waals surface area contributed by atoms with Gasteiger partial charge in [-0.15, -0.1) is 10.2 Å². The summed E-state index contributed by atoms with van der Waals surface area (Å²) in [5.41, 5.74) is 5.00. The first-order chi connectivity index (χ1) is 17.9. The summed E-state index contributed by atoms with van der Waals surface area (Å²) in [7, 11) is 0. The highest BCUT2D eigenvalue weighted by Crippen LogP contribution is 2.32. The maximum Gasteiger partial charge on any atom is 0.170 e. The molecule has 0 spiro atoms. The number of nitrogens with zero attached hydrogens (tertiary/aromatic N) is 6. The molecule has 3 aromatic carbocycles. The second kappa shape index (κ2) is 8.29. The van der Waals surface area contributed by atoms with E-state index in [4.69, 9.17) is 4.98 Å².